The van der Waals surface area contributed by atoms with E-state index in [4.69, 9.17) is 4.74 Å². The molecule has 2 N–H and O–H groups in total. The van der Waals surface area contributed by atoms with Crippen molar-refractivity contribution in [3.8, 4) is 5.88 Å². The summed E-state index contributed by atoms with van der Waals surface area (Å²) in [5, 5.41) is 5.34. The first-order chi connectivity index (χ1) is 15.0. The number of hydrogen-bond donors (Lipinski definition) is 2. The molecule has 0 unspecified atom stereocenters. The minimum atomic E-state index is -4.49. The Bertz CT molecular complexity index is 1070. The van der Waals surface area contributed by atoms with Crippen LogP contribution in [0.4, 0.5) is 29.3 Å². The monoisotopic (exact) mass is 443 g/mol. The Balaban J connectivity index is 1.68. The molecule has 5 nitrogen and oxygen atoms in total. The third-order valence-electron chi connectivity index (χ3n) is 4.72. The van der Waals surface area contributed by atoms with E-state index in [0.29, 0.717) is 5.69 Å². The third-order valence-corrected chi connectivity index (χ3v) is 4.72. The van der Waals surface area contributed by atoms with E-state index in [9.17, 15) is 18.0 Å². The standard InChI is InChI=1S/C24H24F3N3O2/c1-23(2,3)17-10-12-18(13-11-17)29-22(31)30-20-9-6-14-28-21(20)32-15-16-7-4-5-8-19(16)24(25,26)27/h4-14H,15H2,1-3H3,(H2,29,30,31). The summed E-state index contributed by atoms with van der Waals surface area (Å²) in [6, 6.07) is 15.2. The zero-order valence-corrected chi connectivity index (χ0v) is 18.0. The fraction of sp³-hybridized carbons (Fsp3) is 0.250. The fourth-order valence-electron chi connectivity index (χ4n) is 3.01. The van der Waals surface area contributed by atoms with Crippen molar-refractivity contribution < 1.29 is 22.7 Å². The molecule has 0 saturated heterocycles. The van der Waals surface area contributed by atoms with E-state index in [-0.39, 0.29) is 29.2 Å². The van der Waals surface area contributed by atoms with Gasteiger partial charge in [0.2, 0.25) is 5.88 Å². The molecule has 3 rings (SSSR count). The molecule has 0 aliphatic carbocycles. The Labute approximate surface area is 184 Å². The topological polar surface area (TPSA) is 63.2 Å². The number of nitrogens with zero attached hydrogens (tertiary/aromatic N) is 1. The van der Waals surface area contributed by atoms with Gasteiger partial charge >= 0.3 is 12.2 Å². The lowest BCUT2D eigenvalue weighted by atomic mass is 9.87. The number of halogens is 3. The van der Waals surface area contributed by atoms with E-state index in [0.717, 1.165) is 11.6 Å². The van der Waals surface area contributed by atoms with Crippen molar-refractivity contribution in [2.75, 3.05) is 10.6 Å². The smallest absolute Gasteiger partial charge is 0.416 e. The predicted octanol–water partition coefficient (Wildman–Crippen LogP) is 6.62. The second kappa shape index (κ2) is 9.30. The largest absolute Gasteiger partial charge is 0.471 e. The maximum Gasteiger partial charge on any atom is 0.416 e. The van der Waals surface area contributed by atoms with E-state index < -0.39 is 17.8 Å². The molecular formula is C24H24F3N3O2. The molecule has 0 spiro atoms. The van der Waals surface area contributed by atoms with Gasteiger partial charge in [-0.2, -0.15) is 13.2 Å². The Morgan fingerprint density at radius 3 is 2.28 bits per heavy atom. The first-order valence-corrected chi connectivity index (χ1v) is 9.95. The number of carbonyl (C=O) groups excluding carboxylic acids is 1. The number of hydrogen-bond acceptors (Lipinski definition) is 3. The average molecular weight is 443 g/mol. The number of carbonyl (C=O) groups is 1. The Morgan fingerprint density at radius 2 is 1.62 bits per heavy atom. The SMILES string of the molecule is CC(C)(C)c1ccc(NC(=O)Nc2cccnc2OCc2ccccc2C(F)(F)F)cc1. The highest BCUT2D eigenvalue weighted by atomic mass is 19.4. The van der Waals surface area contributed by atoms with Crippen molar-refractivity contribution in [3.63, 3.8) is 0 Å². The lowest BCUT2D eigenvalue weighted by molar-refractivity contribution is -0.138. The lowest BCUT2D eigenvalue weighted by Gasteiger charge is -2.19. The van der Waals surface area contributed by atoms with E-state index in [2.05, 4.69) is 36.4 Å². The second-order valence-corrected chi connectivity index (χ2v) is 8.21. The third kappa shape index (κ3) is 6.00. The first-order valence-electron chi connectivity index (χ1n) is 9.95. The highest BCUT2D eigenvalue weighted by Crippen LogP contribution is 2.33. The van der Waals surface area contributed by atoms with Gasteiger partial charge in [-0.05, 0) is 41.3 Å². The van der Waals surface area contributed by atoms with Gasteiger partial charge in [-0.1, -0.05) is 51.1 Å². The van der Waals surface area contributed by atoms with E-state index in [1.165, 1.54) is 24.4 Å². The van der Waals surface area contributed by atoms with Crippen molar-refractivity contribution in [2.24, 2.45) is 0 Å². The van der Waals surface area contributed by atoms with Gasteiger partial charge in [0, 0.05) is 17.4 Å². The highest BCUT2D eigenvalue weighted by molar-refractivity contribution is 6.00. The average Bonchev–Trinajstić information content (AvgIpc) is 2.72. The number of ether oxygens (including phenoxy) is 1. The number of alkyl halides is 3. The lowest BCUT2D eigenvalue weighted by Crippen LogP contribution is -2.20. The summed E-state index contributed by atoms with van der Waals surface area (Å²) in [5.41, 5.74) is 1.15. The minimum absolute atomic E-state index is 0.00648. The Kier molecular flexibility index (Phi) is 6.72. The minimum Gasteiger partial charge on any atom is -0.471 e. The van der Waals surface area contributed by atoms with Gasteiger partial charge in [0.05, 0.1) is 5.56 Å². The molecule has 0 aliphatic heterocycles. The van der Waals surface area contributed by atoms with Crippen molar-refractivity contribution in [1.82, 2.24) is 4.98 Å². The van der Waals surface area contributed by atoms with Crippen LogP contribution in [0.1, 0.15) is 37.5 Å². The van der Waals surface area contributed by atoms with Crippen molar-refractivity contribution in [3.05, 3.63) is 83.6 Å². The Morgan fingerprint density at radius 1 is 0.938 bits per heavy atom. The molecule has 0 aliphatic rings. The normalized spacial score (nSPS) is 11.7. The molecule has 0 bridgehead atoms. The number of benzene rings is 2. The van der Waals surface area contributed by atoms with Crippen LogP contribution in [0.2, 0.25) is 0 Å². The maximum absolute atomic E-state index is 13.2. The van der Waals surface area contributed by atoms with Gasteiger partial charge < -0.3 is 15.4 Å². The highest BCUT2D eigenvalue weighted by Gasteiger charge is 2.33. The zero-order chi connectivity index (χ0) is 23.4. The van der Waals surface area contributed by atoms with Crippen molar-refractivity contribution in [1.29, 1.82) is 0 Å². The zero-order valence-electron chi connectivity index (χ0n) is 18.0. The summed E-state index contributed by atoms with van der Waals surface area (Å²) in [6.45, 7) is 5.94. The molecule has 8 heteroatoms. The van der Waals surface area contributed by atoms with Crippen molar-refractivity contribution >= 4 is 17.4 Å². The van der Waals surface area contributed by atoms with Gasteiger partial charge in [-0.25, -0.2) is 9.78 Å². The molecule has 1 heterocycles. The second-order valence-electron chi connectivity index (χ2n) is 8.21. The molecular weight excluding hydrogens is 419 g/mol. The molecule has 0 radical (unpaired) electrons. The van der Waals surface area contributed by atoms with Crippen LogP contribution in [0.3, 0.4) is 0 Å². The molecule has 0 atom stereocenters. The van der Waals surface area contributed by atoms with Crippen LogP contribution >= 0.6 is 0 Å². The van der Waals surface area contributed by atoms with Crippen LogP contribution in [-0.4, -0.2) is 11.0 Å². The van der Waals surface area contributed by atoms with Gasteiger partial charge in [0.1, 0.15) is 12.3 Å². The quantitative estimate of drug-likeness (QED) is 0.466. The molecule has 168 valence electrons. The summed E-state index contributed by atoms with van der Waals surface area (Å²) < 4.78 is 45.1. The van der Waals surface area contributed by atoms with E-state index in [1.54, 1.807) is 24.3 Å². The summed E-state index contributed by atoms with van der Waals surface area (Å²) in [4.78, 5) is 16.5. The summed E-state index contributed by atoms with van der Waals surface area (Å²) >= 11 is 0. The number of urea groups is 1. The predicted molar refractivity (Wildman–Crippen MR) is 118 cm³/mol. The van der Waals surface area contributed by atoms with Crippen LogP contribution in [-0.2, 0) is 18.2 Å². The summed E-state index contributed by atoms with van der Waals surface area (Å²) in [6.07, 6.45) is -3.06. The molecule has 3 aromatic rings. The van der Waals surface area contributed by atoms with Gasteiger partial charge in [-0.3, -0.25) is 0 Å². The van der Waals surface area contributed by atoms with Gasteiger partial charge in [0.25, 0.3) is 0 Å². The van der Waals surface area contributed by atoms with Crippen LogP contribution in [0.15, 0.2) is 66.9 Å². The number of aromatic nitrogens is 1. The van der Waals surface area contributed by atoms with Crippen molar-refractivity contribution in [2.45, 2.75) is 39.0 Å². The van der Waals surface area contributed by atoms with Crippen LogP contribution in [0, 0.1) is 0 Å². The summed E-state index contributed by atoms with van der Waals surface area (Å²) in [7, 11) is 0. The van der Waals surface area contributed by atoms with E-state index in [1.807, 2.05) is 12.1 Å². The number of amides is 2. The molecule has 0 saturated carbocycles. The first kappa shape index (κ1) is 23.1. The van der Waals surface area contributed by atoms with Crippen LogP contribution in [0.5, 0.6) is 5.88 Å². The number of rotatable bonds is 5. The molecule has 2 aromatic carbocycles. The maximum atomic E-state index is 13.2. The molecule has 32 heavy (non-hydrogen) atoms. The summed E-state index contributed by atoms with van der Waals surface area (Å²) in [5.74, 6) is 0.0164. The van der Waals surface area contributed by atoms with Gasteiger partial charge in [-0.15, -0.1) is 0 Å². The Hall–Kier alpha value is -3.55. The molecule has 0 fully saturated rings. The van der Waals surface area contributed by atoms with E-state index >= 15 is 0 Å². The van der Waals surface area contributed by atoms with Crippen LogP contribution < -0.4 is 15.4 Å². The van der Waals surface area contributed by atoms with Gasteiger partial charge in [0.15, 0.2) is 0 Å². The number of nitrogens with one attached hydrogen (secondary N) is 2. The fourth-order valence-corrected chi connectivity index (χ4v) is 3.01. The molecule has 1 aromatic heterocycles. The number of anilines is 2. The number of pyridine rings is 1. The van der Waals surface area contributed by atoms with Crippen LogP contribution in [0.25, 0.3) is 0 Å². The molecule has 2 amide bonds.